The van der Waals surface area contributed by atoms with Gasteiger partial charge < -0.3 is 9.51 Å². The second-order valence-electron chi connectivity index (χ2n) is 5.49. The van der Waals surface area contributed by atoms with Gasteiger partial charge in [-0.15, -0.1) is 0 Å². The van der Waals surface area contributed by atoms with Gasteiger partial charge in [0.1, 0.15) is 5.65 Å². The Hall–Kier alpha value is -2.83. The smallest absolute Gasteiger partial charge is 0.417 e. The molecule has 4 nitrogen and oxygen atoms in total. The van der Waals surface area contributed by atoms with Crippen molar-refractivity contribution >= 4 is 11.6 Å². The molecular weight excluding hydrogens is 321 g/mol. The number of carboxylic acid groups (broad SMARTS) is 1. The molecule has 0 atom stereocenters. The summed E-state index contributed by atoms with van der Waals surface area (Å²) in [6, 6.07) is 9.40. The quantitative estimate of drug-likeness (QED) is 0.789. The van der Waals surface area contributed by atoms with Crippen LogP contribution in [0.15, 0.2) is 42.6 Å². The van der Waals surface area contributed by atoms with Crippen LogP contribution in [0.4, 0.5) is 13.2 Å². The van der Waals surface area contributed by atoms with Crippen molar-refractivity contribution < 1.29 is 23.1 Å². The van der Waals surface area contributed by atoms with Crippen LogP contribution in [0.2, 0.25) is 0 Å². The van der Waals surface area contributed by atoms with Crippen LogP contribution in [0.25, 0.3) is 16.9 Å². The number of nitrogens with zero attached hydrogens (tertiary/aromatic N) is 2. The SMILES string of the molecule is Cc1ccc(-c2nc3ccc(C(F)(F)F)cn3c2CC(=O)O)cc1. The summed E-state index contributed by atoms with van der Waals surface area (Å²) in [6.07, 6.45) is -4.05. The summed E-state index contributed by atoms with van der Waals surface area (Å²) in [5, 5.41) is 9.13. The number of benzene rings is 1. The van der Waals surface area contributed by atoms with Crippen molar-refractivity contribution in [3.8, 4) is 11.3 Å². The van der Waals surface area contributed by atoms with E-state index in [4.69, 9.17) is 5.11 Å². The van der Waals surface area contributed by atoms with Gasteiger partial charge in [0.05, 0.1) is 23.4 Å². The maximum absolute atomic E-state index is 12.9. The van der Waals surface area contributed by atoms with E-state index >= 15 is 0 Å². The fraction of sp³-hybridized carbons (Fsp3) is 0.176. The number of aryl methyl sites for hydroxylation is 1. The van der Waals surface area contributed by atoms with Crippen LogP contribution in [0.1, 0.15) is 16.8 Å². The summed E-state index contributed by atoms with van der Waals surface area (Å²) < 4.78 is 40.0. The first-order valence-corrected chi connectivity index (χ1v) is 7.13. The molecule has 124 valence electrons. The number of pyridine rings is 1. The van der Waals surface area contributed by atoms with Gasteiger partial charge in [-0.3, -0.25) is 4.79 Å². The highest BCUT2D eigenvalue weighted by atomic mass is 19.4. The molecule has 0 aliphatic carbocycles. The number of hydrogen-bond donors (Lipinski definition) is 1. The van der Waals surface area contributed by atoms with Crippen molar-refractivity contribution in [2.45, 2.75) is 19.5 Å². The molecule has 0 saturated heterocycles. The number of carbonyl (C=O) groups is 1. The number of fused-ring (bicyclic) bond motifs is 1. The maximum Gasteiger partial charge on any atom is 0.417 e. The number of halogens is 3. The first-order valence-electron chi connectivity index (χ1n) is 7.13. The second kappa shape index (κ2) is 5.67. The Morgan fingerprint density at radius 3 is 2.42 bits per heavy atom. The van der Waals surface area contributed by atoms with Crippen molar-refractivity contribution in [1.82, 2.24) is 9.38 Å². The van der Waals surface area contributed by atoms with Crippen molar-refractivity contribution in [3.63, 3.8) is 0 Å². The topological polar surface area (TPSA) is 54.6 Å². The van der Waals surface area contributed by atoms with Gasteiger partial charge >= 0.3 is 12.1 Å². The van der Waals surface area contributed by atoms with Crippen LogP contribution in [0.3, 0.4) is 0 Å². The highest BCUT2D eigenvalue weighted by Gasteiger charge is 2.31. The molecule has 0 fully saturated rings. The van der Waals surface area contributed by atoms with Crippen molar-refractivity contribution in [3.05, 3.63) is 59.4 Å². The number of imidazole rings is 1. The van der Waals surface area contributed by atoms with Gasteiger partial charge in [-0.1, -0.05) is 29.8 Å². The molecule has 1 aromatic carbocycles. The summed E-state index contributed by atoms with van der Waals surface area (Å²) in [4.78, 5) is 15.5. The Bertz CT molecular complexity index is 912. The van der Waals surface area contributed by atoms with Crippen molar-refractivity contribution in [1.29, 1.82) is 0 Å². The first kappa shape index (κ1) is 16.0. The van der Waals surface area contributed by atoms with Crippen LogP contribution < -0.4 is 0 Å². The van der Waals surface area contributed by atoms with E-state index in [1.54, 1.807) is 12.1 Å². The molecule has 3 rings (SSSR count). The summed E-state index contributed by atoms with van der Waals surface area (Å²) in [5.41, 5.74) is 1.68. The molecule has 0 unspecified atom stereocenters. The third-order valence-electron chi connectivity index (χ3n) is 3.69. The lowest BCUT2D eigenvalue weighted by Gasteiger charge is -2.08. The standard InChI is InChI=1S/C17H13F3N2O2/c1-10-2-4-11(5-3-10)16-13(8-15(23)24)22-9-12(17(18,19)20)6-7-14(22)21-16/h2-7,9H,8H2,1H3,(H,23,24). The molecule has 0 radical (unpaired) electrons. The number of aliphatic carboxylic acids is 1. The highest BCUT2D eigenvalue weighted by Crippen LogP contribution is 2.31. The lowest BCUT2D eigenvalue weighted by atomic mass is 10.1. The Kier molecular flexibility index (Phi) is 3.79. The van der Waals surface area contributed by atoms with Crippen LogP contribution in [-0.4, -0.2) is 20.5 Å². The van der Waals surface area contributed by atoms with E-state index in [1.165, 1.54) is 10.5 Å². The van der Waals surface area contributed by atoms with Crippen LogP contribution in [-0.2, 0) is 17.4 Å². The zero-order chi connectivity index (χ0) is 17.5. The van der Waals surface area contributed by atoms with Crippen LogP contribution in [0.5, 0.6) is 0 Å². The van der Waals surface area contributed by atoms with Crippen molar-refractivity contribution in [2.24, 2.45) is 0 Å². The zero-order valence-corrected chi connectivity index (χ0v) is 12.6. The predicted octanol–water partition coefficient (Wildman–Crippen LogP) is 3.96. The van der Waals surface area contributed by atoms with Crippen LogP contribution >= 0.6 is 0 Å². The van der Waals surface area contributed by atoms with E-state index in [2.05, 4.69) is 4.98 Å². The van der Waals surface area contributed by atoms with Gasteiger partial charge in [0, 0.05) is 11.8 Å². The van der Waals surface area contributed by atoms with E-state index in [9.17, 15) is 18.0 Å². The van der Waals surface area contributed by atoms with E-state index in [-0.39, 0.29) is 11.3 Å². The van der Waals surface area contributed by atoms with Gasteiger partial charge in [0.15, 0.2) is 0 Å². The molecule has 24 heavy (non-hydrogen) atoms. The van der Waals surface area contributed by atoms with E-state index in [0.717, 1.165) is 17.8 Å². The fourth-order valence-corrected chi connectivity index (χ4v) is 2.52. The molecule has 0 amide bonds. The molecule has 1 N–H and O–H groups in total. The van der Waals surface area contributed by atoms with Gasteiger partial charge in [-0.25, -0.2) is 4.98 Å². The molecule has 0 aliphatic rings. The third kappa shape index (κ3) is 2.97. The van der Waals surface area contributed by atoms with Gasteiger partial charge in [0.25, 0.3) is 0 Å². The largest absolute Gasteiger partial charge is 0.481 e. The predicted molar refractivity (Wildman–Crippen MR) is 81.7 cm³/mol. The highest BCUT2D eigenvalue weighted by molar-refractivity contribution is 5.76. The average Bonchev–Trinajstić information content (AvgIpc) is 2.84. The Balaban J connectivity index is 2.25. The average molecular weight is 334 g/mol. The Labute approximate surface area is 135 Å². The number of carboxylic acids is 1. The van der Waals surface area contributed by atoms with Gasteiger partial charge in [0.2, 0.25) is 0 Å². The van der Waals surface area contributed by atoms with Crippen molar-refractivity contribution in [2.75, 3.05) is 0 Å². The van der Waals surface area contributed by atoms with E-state index in [0.29, 0.717) is 11.3 Å². The fourth-order valence-electron chi connectivity index (χ4n) is 2.52. The molecule has 3 aromatic rings. The molecule has 2 heterocycles. The first-order chi connectivity index (χ1) is 11.3. The Morgan fingerprint density at radius 1 is 1.17 bits per heavy atom. The minimum atomic E-state index is -4.51. The van der Waals surface area contributed by atoms with E-state index < -0.39 is 24.1 Å². The second-order valence-corrected chi connectivity index (χ2v) is 5.49. The lowest BCUT2D eigenvalue weighted by Crippen LogP contribution is -2.09. The van der Waals surface area contributed by atoms with E-state index in [1.807, 2.05) is 19.1 Å². The van der Waals surface area contributed by atoms with Crippen LogP contribution in [0, 0.1) is 6.92 Å². The number of hydrogen-bond acceptors (Lipinski definition) is 2. The molecule has 0 spiro atoms. The maximum atomic E-state index is 12.9. The molecule has 0 aliphatic heterocycles. The molecule has 0 bridgehead atoms. The molecule has 2 aromatic heterocycles. The minimum Gasteiger partial charge on any atom is -0.481 e. The van der Waals surface area contributed by atoms with Gasteiger partial charge in [-0.05, 0) is 19.1 Å². The number of alkyl halides is 3. The van der Waals surface area contributed by atoms with Gasteiger partial charge in [-0.2, -0.15) is 13.2 Å². The normalized spacial score (nSPS) is 11.8. The summed E-state index contributed by atoms with van der Waals surface area (Å²) in [6.45, 7) is 1.90. The third-order valence-corrected chi connectivity index (χ3v) is 3.69. The number of rotatable bonds is 3. The minimum absolute atomic E-state index is 0.215. The summed E-state index contributed by atoms with van der Waals surface area (Å²) in [5.74, 6) is -1.14. The Morgan fingerprint density at radius 2 is 1.83 bits per heavy atom. The summed E-state index contributed by atoms with van der Waals surface area (Å²) in [7, 11) is 0. The molecule has 0 saturated carbocycles. The summed E-state index contributed by atoms with van der Waals surface area (Å²) >= 11 is 0. The number of aromatic nitrogens is 2. The molecular formula is C17H13F3N2O2. The monoisotopic (exact) mass is 334 g/mol. The lowest BCUT2D eigenvalue weighted by molar-refractivity contribution is -0.138. The zero-order valence-electron chi connectivity index (χ0n) is 12.6. The molecule has 7 heteroatoms.